The molecule has 0 radical (unpaired) electrons. The van der Waals surface area contributed by atoms with E-state index in [9.17, 15) is 0 Å². The van der Waals surface area contributed by atoms with E-state index in [1.165, 1.54) is 44.0 Å². The van der Waals surface area contributed by atoms with Crippen LogP contribution in [-0.4, -0.2) is 4.57 Å². The van der Waals surface area contributed by atoms with E-state index < -0.39 is 0 Å². The fourth-order valence-electron chi connectivity index (χ4n) is 7.50. The minimum atomic E-state index is 0.254. The molecule has 1 atom stereocenters. The van der Waals surface area contributed by atoms with E-state index in [0.717, 1.165) is 50.8 Å². The van der Waals surface area contributed by atoms with Gasteiger partial charge >= 0.3 is 0 Å². The van der Waals surface area contributed by atoms with E-state index in [4.69, 9.17) is 8.83 Å². The van der Waals surface area contributed by atoms with Crippen LogP contribution in [0.5, 0.6) is 0 Å². The van der Waals surface area contributed by atoms with E-state index in [1.54, 1.807) is 0 Å². The first-order valence-electron chi connectivity index (χ1n) is 15.5. The second-order valence-electron chi connectivity index (χ2n) is 12.0. The van der Waals surface area contributed by atoms with E-state index in [-0.39, 0.29) is 5.92 Å². The van der Waals surface area contributed by atoms with Crippen molar-refractivity contribution in [3.8, 4) is 16.8 Å². The van der Waals surface area contributed by atoms with Gasteiger partial charge in [0, 0.05) is 55.2 Å². The Bertz CT molecular complexity index is 2630. The molecule has 10 rings (SSSR count). The highest BCUT2D eigenvalue weighted by atomic mass is 16.3. The number of hydrogen-bond acceptors (Lipinski definition) is 2. The minimum absolute atomic E-state index is 0.254. The van der Waals surface area contributed by atoms with Crippen molar-refractivity contribution in [1.29, 1.82) is 0 Å². The lowest BCUT2D eigenvalue weighted by molar-refractivity contribution is 0.592. The van der Waals surface area contributed by atoms with Crippen LogP contribution in [0.4, 0.5) is 0 Å². The number of fused-ring (bicyclic) bond motifs is 9. The molecule has 0 N–H and O–H groups in total. The Kier molecular flexibility index (Phi) is 5.11. The van der Waals surface area contributed by atoms with Crippen LogP contribution in [0.1, 0.15) is 22.8 Å². The Hall–Kier alpha value is -5.80. The van der Waals surface area contributed by atoms with Crippen molar-refractivity contribution in [2.75, 3.05) is 0 Å². The summed E-state index contributed by atoms with van der Waals surface area (Å²) >= 11 is 0. The molecule has 0 fully saturated rings. The van der Waals surface area contributed by atoms with Crippen molar-refractivity contribution in [1.82, 2.24) is 4.57 Å². The molecule has 3 aromatic heterocycles. The lowest BCUT2D eigenvalue weighted by atomic mass is 9.86. The molecule has 3 nitrogen and oxygen atoms in total. The van der Waals surface area contributed by atoms with Gasteiger partial charge in [0.1, 0.15) is 22.5 Å². The zero-order valence-corrected chi connectivity index (χ0v) is 24.4. The number of allylic oxidation sites excluding steroid dienone is 1. The number of aromatic nitrogens is 1. The lowest BCUT2D eigenvalue weighted by Crippen LogP contribution is -2.04. The highest BCUT2D eigenvalue weighted by Gasteiger charge is 2.25. The Balaban J connectivity index is 1.08. The predicted molar refractivity (Wildman–Crippen MR) is 185 cm³/mol. The van der Waals surface area contributed by atoms with Crippen molar-refractivity contribution >= 4 is 60.8 Å². The third-order valence-corrected chi connectivity index (χ3v) is 9.59. The number of nitrogens with zero attached hydrogens (tertiary/aromatic N) is 1. The van der Waals surface area contributed by atoms with Gasteiger partial charge in [-0.2, -0.15) is 0 Å². The topological polar surface area (TPSA) is 31.2 Å². The summed E-state index contributed by atoms with van der Waals surface area (Å²) in [6.45, 7) is 0. The van der Waals surface area contributed by atoms with Crippen LogP contribution in [0.15, 0.2) is 148 Å². The summed E-state index contributed by atoms with van der Waals surface area (Å²) in [5, 5.41) is 5.99. The van der Waals surface area contributed by atoms with E-state index in [1.807, 2.05) is 12.1 Å². The molecule has 3 heterocycles. The second-order valence-corrected chi connectivity index (χ2v) is 12.0. The Morgan fingerprint density at radius 3 is 2.09 bits per heavy atom. The molecule has 6 aromatic carbocycles. The zero-order chi connectivity index (χ0) is 29.5. The van der Waals surface area contributed by atoms with Gasteiger partial charge in [0.15, 0.2) is 0 Å². The molecule has 0 spiro atoms. The van der Waals surface area contributed by atoms with Crippen molar-refractivity contribution in [2.24, 2.45) is 0 Å². The van der Waals surface area contributed by atoms with Crippen molar-refractivity contribution in [3.63, 3.8) is 0 Å². The average molecular weight is 578 g/mol. The predicted octanol–water partition coefficient (Wildman–Crippen LogP) is 11.4. The van der Waals surface area contributed by atoms with Gasteiger partial charge in [0.2, 0.25) is 0 Å². The smallest absolute Gasteiger partial charge is 0.143 e. The number of para-hydroxylation sites is 5. The second kappa shape index (κ2) is 9.35. The quantitative estimate of drug-likeness (QED) is 0.209. The molecular formula is C42H27NO2. The van der Waals surface area contributed by atoms with Crippen LogP contribution in [0, 0.1) is 0 Å². The van der Waals surface area contributed by atoms with Crippen molar-refractivity contribution in [3.05, 3.63) is 156 Å². The molecule has 45 heavy (non-hydrogen) atoms. The van der Waals surface area contributed by atoms with Gasteiger partial charge in [-0.15, -0.1) is 0 Å². The highest BCUT2D eigenvalue weighted by Crippen LogP contribution is 2.43. The Morgan fingerprint density at radius 2 is 1.22 bits per heavy atom. The molecule has 0 saturated heterocycles. The van der Waals surface area contributed by atoms with Crippen molar-refractivity contribution in [2.45, 2.75) is 12.3 Å². The first-order chi connectivity index (χ1) is 22.3. The highest BCUT2D eigenvalue weighted by molar-refractivity contribution is 6.12. The fourth-order valence-corrected chi connectivity index (χ4v) is 7.50. The van der Waals surface area contributed by atoms with Crippen LogP contribution >= 0.6 is 0 Å². The summed E-state index contributed by atoms with van der Waals surface area (Å²) in [7, 11) is 0. The van der Waals surface area contributed by atoms with Crippen LogP contribution in [0.2, 0.25) is 0 Å². The van der Waals surface area contributed by atoms with Crippen LogP contribution < -0.4 is 0 Å². The third-order valence-electron chi connectivity index (χ3n) is 9.59. The van der Waals surface area contributed by atoms with E-state index >= 15 is 0 Å². The maximum Gasteiger partial charge on any atom is 0.143 e. The largest absolute Gasteiger partial charge is 0.456 e. The van der Waals surface area contributed by atoms with E-state index in [0.29, 0.717) is 0 Å². The summed E-state index contributed by atoms with van der Waals surface area (Å²) in [6.07, 6.45) is 5.37. The van der Waals surface area contributed by atoms with Crippen molar-refractivity contribution < 1.29 is 8.83 Å². The van der Waals surface area contributed by atoms with E-state index in [2.05, 4.69) is 138 Å². The average Bonchev–Trinajstić information content (AvgIpc) is 3.77. The number of benzene rings is 6. The molecule has 9 aromatic rings. The molecule has 1 unspecified atom stereocenters. The molecule has 0 aliphatic heterocycles. The molecule has 0 saturated carbocycles. The van der Waals surface area contributed by atoms with Gasteiger partial charge in [-0.05, 0) is 54.5 Å². The first kappa shape index (κ1) is 24.6. The molecular weight excluding hydrogens is 550 g/mol. The molecule has 0 bridgehead atoms. The summed E-state index contributed by atoms with van der Waals surface area (Å²) in [5.74, 6) is 1.20. The lowest BCUT2D eigenvalue weighted by Gasteiger charge is -2.17. The van der Waals surface area contributed by atoms with Crippen LogP contribution in [0.25, 0.3) is 77.6 Å². The number of furan rings is 2. The Morgan fingerprint density at radius 1 is 0.533 bits per heavy atom. The summed E-state index contributed by atoms with van der Waals surface area (Å²) in [4.78, 5) is 0. The van der Waals surface area contributed by atoms with Crippen LogP contribution in [-0.2, 0) is 6.42 Å². The van der Waals surface area contributed by atoms with Gasteiger partial charge in [-0.1, -0.05) is 103 Å². The monoisotopic (exact) mass is 577 g/mol. The third kappa shape index (κ3) is 3.58. The summed E-state index contributed by atoms with van der Waals surface area (Å²) in [5.41, 5.74) is 11.1. The zero-order valence-electron chi connectivity index (χ0n) is 24.4. The summed E-state index contributed by atoms with van der Waals surface area (Å²) < 4.78 is 15.4. The molecule has 0 amide bonds. The van der Waals surface area contributed by atoms with Gasteiger partial charge in [0.25, 0.3) is 0 Å². The van der Waals surface area contributed by atoms with Gasteiger partial charge in [-0.3, -0.25) is 0 Å². The SMILES string of the molecule is C1=CC(c2ccc3c(c2)c2ccccc2n3-c2ccccc2)Cc2c1oc1c(-c3cccc4c3oc3ccccc34)cccc21. The number of rotatable bonds is 3. The Labute approximate surface area is 259 Å². The molecule has 212 valence electrons. The standard InChI is InChI=1S/C42H27NO2/c1-2-10-28(11-3-1)43-37-18-6-4-12-29(37)35-24-26(20-22-38(35)43)27-21-23-40-36(25-27)34-17-9-16-33(42(34)45-40)32-15-8-14-31-30-13-5-7-19-39(30)44-41(31)32/h1-24,27H,25H2. The molecule has 1 aliphatic carbocycles. The normalized spacial score (nSPS) is 14.7. The summed E-state index contributed by atoms with van der Waals surface area (Å²) in [6, 6.07) is 47.5. The van der Waals surface area contributed by atoms with Gasteiger partial charge < -0.3 is 13.4 Å². The van der Waals surface area contributed by atoms with Gasteiger partial charge in [-0.25, -0.2) is 0 Å². The fraction of sp³-hybridized carbons (Fsp3) is 0.0476. The maximum atomic E-state index is 6.63. The number of hydrogen-bond donors (Lipinski definition) is 0. The van der Waals surface area contributed by atoms with Crippen LogP contribution in [0.3, 0.4) is 0 Å². The molecule has 1 aliphatic rings. The van der Waals surface area contributed by atoms with Gasteiger partial charge in [0.05, 0.1) is 11.0 Å². The minimum Gasteiger partial charge on any atom is -0.456 e. The maximum absolute atomic E-state index is 6.63. The molecule has 3 heteroatoms. The first-order valence-corrected chi connectivity index (χ1v) is 15.5.